The summed E-state index contributed by atoms with van der Waals surface area (Å²) >= 11 is 0.153. The van der Waals surface area contributed by atoms with Gasteiger partial charge >= 0.3 is 334 Å². The van der Waals surface area contributed by atoms with E-state index in [0.717, 1.165) is 5.32 Å². The maximum atomic E-state index is 7.94. The van der Waals surface area contributed by atoms with Gasteiger partial charge in [-0.15, -0.1) is 0 Å². The molecular weight excluding hydrogens is 764 g/mol. The molecule has 4 nitrogen and oxygen atoms in total. The van der Waals surface area contributed by atoms with Crippen LogP contribution in [0, 0.1) is 0 Å². The molecule has 5 aromatic rings. The fourth-order valence-corrected chi connectivity index (χ4v) is 19.1. The summed E-state index contributed by atoms with van der Waals surface area (Å²) in [6.07, 6.45) is 1.11. The standard InChI is InChI=1S/C47H56O4SeSi2/c1-8-37-34-43(51-54(47(5,6)7,41-30-20-12-21-31-41)42-32-22-13-23-33-42)44(50-45(49-37)36-52-38-24-14-9-15-25-38)35-48-53(46(2,3)4,39-26-16-10-17-27-39)40-28-18-11-19-29-40/h8-33,37,43-45H,1,34-36H2,2-7H3/t37?,43-,44-,45?/m1/s1. The van der Waals surface area contributed by atoms with Crippen LogP contribution in [0.3, 0.4) is 0 Å². The van der Waals surface area contributed by atoms with E-state index in [2.05, 4.69) is 200 Å². The number of hydrogen-bond donors (Lipinski definition) is 0. The Morgan fingerprint density at radius 1 is 0.611 bits per heavy atom. The van der Waals surface area contributed by atoms with Gasteiger partial charge in [0.2, 0.25) is 0 Å². The summed E-state index contributed by atoms with van der Waals surface area (Å²) in [4.78, 5) is 0. The molecule has 1 saturated heterocycles. The summed E-state index contributed by atoms with van der Waals surface area (Å²) < 4.78 is 30.9. The summed E-state index contributed by atoms with van der Waals surface area (Å²) in [6.45, 7) is 18.6. The van der Waals surface area contributed by atoms with Crippen LogP contribution in [-0.4, -0.2) is 62.8 Å². The molecule has 5 aromatic carbocycles. The molecule has 54 heavy (non-hydrogen) atoms. The predicted molar refractivity (Wildman–Crippen MR) is 231 cm³/mol. The van der Waals surface area contributed by atoms with Crippen LogP contribution in [0.25, 0.3) is 0 Å². The molecule has 0 bridgehead atoms. The Bertz CT molecular complexity index is 1800. The molecule has 6 rings (SSSR count). The first-order valence-corrected chi connectivity index (χ1v) is 25.0. The predicted octanol–water partition coefficient (Wildman–Crippen LogP) is 7.64. The zero-order valence-electron chi connectivity index (χ0n) is 32.7. The van der Waals surface area contributed by atoms with E-state index in [1.807, 2.05) is 6.08 Å². The zero-order chi connectivity index (χ0) is 38.2. The van der Waals surface area contributed by atoms with Gasteiger partial charge in [-0.2, -0.15) is 0 Å². The summed E-state index contributed by atoms with van der Waals surface area (Å²) in [5, 5.41) is 5.32. The third kappa shape index (κ3) is 8.70. The van der Waals surface area contributed by atoms with Crippen LogP contribution in [0.15, 0.2) is 164 Å². The SMILES string of the molecule is C=CC1C[C@@H](O[Si](c2ccccc2)(c2ccccc2)C(C)(C)C)[C@@H](CO[Si](c2ccccc2)(c2ccccc2)C(C)(C)C)OC(C[Se]c2ccccc2)O1. The summed E-state index contributed by atoms with van der Waals surface area (Å²) in [5.41, 5.74) is 0. The third-order valence-electron chi connectivity index (χ3n) is 10.6. The van der Waals surface area contributed by atoms with Gasteiger partial charge in [0.25, 0.3) is 0 Å². The van der Waals surface area contributed by atoms with Crippen LogP contribution >= 0.6 is 0 Å². The first-order valence-electron chi connectivity index (χ1n) is 19.1. The minimum atomic E-state index is -2.99. The number of hydrogen-bond acceptors (Lipinski definition) is 4. The van der Waals surface area contributed by atoms with Crippen LogP contribution in [0.2, 0.25) is 15.4 Å². The monoisotopic (exact) mass is 820 g/mol. The first kappa shape index (κ1) is 40.3. The summed E-state index contributed by atoms with van der Waals surface area (Å²) in [7, 11) is -5.89. The Hall–Kier alpha value is -3.37. The average Bonchev–Trinajstić information content (AvgIpc) is 3.35. The van der Waals surface area contributed by atoms with Crippen molar-refractivity contribution in [3.8, 4) is 0 Å². The van der Waals surface area contributed by atoms with E-state index in [1.54, 1.807) is 0 Å². The molecular formula is C47H56O4SeSi2. The van der Waals surface area contributed by atoms with E-state index in [9.17, 15) is 0 Å². The molecule has 1 aliphatic rings. The van der Waals surface area contributed by atoms with Crippen molar-refractivity contribution in [1.82, 2.24) is 0 Å². The van der Waals surface area contributed by atoms with Crippen LogP contribution in [0.4, 0.5) is 0 Å². The molecule has 4 atom stereocenters. The third-order valence-corrected chi connectivity index (χ3v) is 22.8. The topological polar surface area (TPSA) is 36.9 Å². The second-order valence-corrected chi connectivity index (χ2v) is 27.0. The number of rotatable bonds is 13. The van der Waals surface area contributed by atoms with Gasteiger partial charge in [0.05, 0.1) is 0 Å². The van der Waals surface area contributed by atoms with E-state index >= 15 is 0 Å². The molecule has 282 valence electrons. The fourth-order valence-electron chi connectivity index (χ4n) is 8.01. The van der Waals surface area contributed by atoms with Gasteiger partial charge in [-0.25, -0.2) is 0 Å². The number of ether oxygens (including phenoxy) is 2. The summed E-state index contributed by atoms with van der Waals surface area (Å²) in [6, 6.07) is 54.1. The average molecular weight is 820 g/mol. The van der Waals surface area contributed by atoms with Crippen molar-refractivity contribution in [1.29, 1.82) is 0 Å². The van der Waals surface area contributed by atoms with Crippen molar-refractivity contribution in [2.24, 2.45) is 0 Å². The van der Waals surface area contributed by atoms with E-state index < -0.39 is 29.0 Å². The van der Waals surface area contributed by atoms with Crippen molar-refractivity contribution in [2.45, 2.75) is 88.0 Å². The Balaban J connectivity index is 1.47. The van der Waals surface area contributed by atoms with Gasteiger partial charge in [-0.1, -0.05) is 0 Å². The minimum absolute atomic E-state index is 0.153. The molecule has 0 saturated carbocycles. The normalized spacial score (nSPS) is 19.9. The van der Waals surface area contributed by atoms with Gasteiger partial charge < -0.3 is 0 Å². The molecule has 1 heterocycles. The fraction of sp³-hybridized carbons (Fsp3) is 0.319. The molecule has 0 N–H and O–H groups in total. The second kappa shape index (κ2) is 17.6. The van der Waals surface area contributed by atoms with Crippen LogP contribution in [0.5, 0.6) is 0 Å². The van der Waals surface area contributed by atoms with Crippen LogP contribution in [-0.2, 0) is 18.3 Å². The van der Waals surface area contributed by atoms with Gasteiger partial charge in [0, 0.05) is 0 Å². The molecule has 0 amide bonds. The Labute approximate surface area is 332 Å². The van der Waals surface area contributed by atoms with Gasteiger partial charge in [0.1, 0.15) is 0 Å². The van der Waals surface area contributed by atoms with E-state index in [-0.39, 0.29) is 37.2 Å². The zero-order valence-corrected chi connectivity index (χ0v) is 36.4. The Morgan fingerprint density at radius 3 is 1.43 bits per heavy atom. The van der Waals surface area contributed by atoms with E-state index in [0.29, 0.717) is 13.0 Å². The van der Waals surface area contributed by atoms with Crippen molar-refractivity contribution in [2.75, 3.05) is 6.61 Å². The second-order valence-electron chi connectivity index (χ2n) is 16.2. The number of benzene rings is 5. The van der Waals surface area contributed by atoms with E-state index in [1.165, 1.54) is 25.2 Å². The molecule has 7 heteroatoms. The Kier molecular flexibility index (Phi) is 13.1. The quantitative estimate of drug-likeness (QED) is 0.0905. The summed E-state index contributed by atoms with van der Waals surface area (Å²) in [5.74, 6) is 0. The molecule has 1 aliphatic heterocycles. The van der Waals surface area contributed by atoms with Crippen LogP contribution < -0.4 is 25.2 Å². The molecule has 0 aliphatic carbocycles. The molecule has 0 spiro atoms. The van der Waals surface area contributed by atoms with Crippen molar-refractivity contribution < 1.29 is 18.3 Å². The van der Waals surface area contributed by atoms with Crippen LogP contribution in [0.1, 0.15) is 48.0 Å². The van der Waals surface area contributed by atoms with E-state index in [4.69, 9.17) is 18.3 Å². The van der Waals surface area contributed by atoms with Gasteiger partial charge in [-0.05, 0) is 0 Å². The van der Waals surface area contributed by atoms with Gasteiger partial charge in [-0.3, -0.25) is 0 Å². The first-order chi connectivity index (χ1) is 26.0. The Morgan fingerprint density at radius 2 is 1.02 bits per heavy atom. The maximum absolute atomic E-state index is 7.94. The molecule has 0 aromatic heterocycles. The molecule has 0 radical (unpaired) electrons. The van der Waals surface area contributed by atoms with Gasteiger partial charge in [0.15, 0.2) is 0 Å². The molecule has 2 unspecified atom stereocenters. The van der Waals surface area contributed by atoms with Crippen molar-refractivity contribution in [3.63, 3.8) is 0 Å². The van der Waals surface area contributed by atoms with Crippen molar-refractivity contribution in [3.05, 3.63) is 164 Å². The molecule has 1 fully saturated rings. The van der Waals surface area contributed by atoms with Crippen molar-refractivity contribution >= 4 is 56.8 Å².